The molecule has 6 nitrogen and oxygen atoms in total. The lowest BCUT2D eigenvalue weighted by molar-refractivity contribution is 0.0924. The lowest BCUT2D eigenvalue weighted by atomic mass is 9.77. The SMILES string of the molecule is CCCCC1CCC(c2ccc(-c3nccc(-c4cc5n(n4)CCNC5=O)n3)cc2)CC1. The number of nitrogens with one attached hydrogen (secondary N) is 1. The number of amides is 1. The topological polar surface area (TPSA) is 72.7 Å². The average Bonchev–Trinajstić information content (AvgIpc) is 3.29. The van der Waals surface area contributed by atoms with Crippen molar-refractivity contribution in [1.82, 2.24) is 25.1 Å². The normalized spacial score (nSPS) is 20.6. The smallest absolute Gasteiger partial charge is 0.269 e. The highest BCUT2D eigenvalue weighted by atomic mass is 16.2. The molecule has 1 amide bonds. The molecule has 1 fully saturated rings. The van der Waals surface area contributed by atoms with Gasteiger partial charge >= 0.3 is 0 Å². The Kier molecular flexibility index (Phi) is 6.02. The number of nitrogens with zero attached hydrogens (tertiary/aromatic N) is 4. The summed E-state index contributed by atoms with van der Waals surface area (Å²) in [5.74, 6) is 2.21. The number of carbonyl (C=O) groups is 1. The van der Waals surface area contributed by atoms with Crippen LogP contribution in [0.4, 0.5) is 0 Å². The Morgan fingerprint density at radius 3 is 2.62 bits per heavy atom. The van der Waals surface area contributed by atoms with Crippen LogP contribution in [0.3, 0.4) is 0 Å². The summed E-state index contributed by atoms with van der Waals surface area (Å²) in [6.07, 6.45) is 11.2. The van der Waals surface area contributed by atoms with Crippen LogP contribution in [0.25, 0.3) is 22.8 Å². The molecule has 0 spiro atoms. The van der Waals surface area contributed by atoms with Crippen molar-refractivity contribution in [2.75, 3.05) is 6.54 Å². The van der Waals surface area contributed by atoms with Gasteiger partial charge in [-0.2, -0.15) is 5.10 Å². The standard InChI is InChI=1S/C26H31N5O/c1-2-3-4-18-5-7-19(8-6-18)20-9-11-21(12-10-20)25-27-14-13-22(29-25)23-17-24-26(32)28-15-16-31(24)30-23/h9-14,17-19H,2-8,15-16H2,1H3,(H,28,32). The summed E-state index contributed by atoms with van der Waals surface area (Å²) in [6, 6.07) is 12.4. The third-order valence-corrected chi connectivity index (χ3v) is 6.99. The number of hydrogen-bond donors (Lipinski definition) is 1. The molecule has 0 unspecified atom stereocenters. The van der Waals surface area contributed by atoms with Gasteiger partial charge in [-0.25, -0.2) is 9.97 Å². The fourth-order valence-electron chi connectivity index (χ4n) is 5.08. The van der Waals surface area contributed by atoms with Crippen molar-refractivity contribution in [2.45, 2.75) is 64.3 Å². The molecular formula is C26H31N5O. The molecule has 1 saturated carbocycles. The largest absolute Gasteiger partial charge is 0.349 e. The Balaban J connectivity index is 1.30. The maximum absolute atomic E-state index is 12.0. The van der Waals surface area contributed by atoms with Gasteiger partial charge in [0.2, 0.25) is 0 Å². The molecule has 1 aliphatic heterocycles. The molecule has 1 aliphatic carbocycles. The summed E-state index contributed by atoms with van der Waals surface area (Å²) < 4.78 is 1.75. The lowest BCUT2D eigenvalue weighted by Crippen LogP contribution is -2.35. The zero-order valence-corrected chi connectivity index (χ0v) is 18.8. The van der Waals surface area contributed by atoms with E-state index in [1.165, 1.54) is 50.5 Å². The third-order valence-electron chi connectivity index (χ3n) is 6.99. The predicted molar refractivity (Wildman–Crippen MR) is 125 cm³/mol. The second kappa shape index (κ2) is 9.23. The Labute approximate surface area is 189 Å². The highest BCUT2D eigenvalue weighted by Gasteiger charge is 2.23. The van der Waals surface area contributed by atoms with E-state index in [1.807, 2.05) is 6.07 Å². The molecule has 3 heterocycles. The first-order valence-corrected chi connectivity index (χ1v) is 12.0. The molecule has 2 aliphatic rings. The highest BCUT2D eigenvalue weighted by Crippen LogP contribution is 2.38. The summed E-state index contributed by atoms with van der Waals surface area (Å²) in [5, 5.41) is 7.42. The molecule has 5 rings (SSSR count). The van der Waals surface area contributed by atoms with Crippen LogP contribution in [0.2, 0.25) is 0 Å². The summed E-state index contributed by atoms with van der Waals surface area (Å²) in [6.45, 7) is 3.57. The monoisotopic (exact) mass is 429 g/mol. The molecule has 0 bridgehead atoms. The zero-order valence-electron chi connectivity index (χ0n) is 18.8. The number of unbranched alkanes of at least 4 members (excludes halogenated alkanes) is 1. The van der Waals surface area contributed by atoms with Crippen molar-refractivity contribution in [3.05, 3.63) is 53.9 Å². The van der Waals surface area contributed by atoms with Crippen molar-refractivity contribution in [1.29, 1.82) is 0 Å². The van der Waals surface area contributed by atoms with Gasteiger partial charge in [0, 0.05) is 18.3 Å². The van der Waals surface area contributed by atoms with Gasteiger partial charge in [-0.3, -0.25) is 9.48 Å². The van der Waals surface area contributed by atoms with Gasteiger partial charge < -0.3 is 5.32 Å². The van der Waals surface area contributed by atoms with Crippen LogP contribution >= 0.6 is 0 Å². The van der Waals surface area contributed by atoms with Crippen LogP contribution in [-0.2, 0) is 6.54 Å². The molecule has 3 aromatic rings. The van der Waals surface area contributed by atoms with Crippen LogP contribution in [0.1, 0.15) is 73.8 Å². The van der Waals surface area contributed by atoms with Crippen LogP contribution < -0.4 is 5.32 Å². The van der Waals surface area contributed by atoms with E-state index < -0.39 is 0 Å². The van der Waals surface area contributed by atoms with E-state index in [0.717, 1.165) is 17.2 Å². The average molecular weight is 430 g/mol. The number of rotatable bonds is 6. The molecule has 32 heavy (non-hydrogen) atoms. The number of fused-ring (bicyclic) bond motifs is 1. The zero-order chi connectivity index (χ0) is 21.9. The van der Waals surface area contributed by atoms with Gasteiger partial charge in [-0.05, 0) is 55.2 Å². The van der Waals surface area contributed by atoms with E-state index in [0.29, 0.717) is 36.2 Å². The molecule has 1 aromatic carbocycles. The predicted octanol–water partition coefficient (Wildman–Crippen LogP) is 5.21. The lowest BCUT2D eigenvalue weighted by Gasteiger charge is -2.28. The van der Waals surface area contributed by atoms with Gasteiger partial charge in [0.25, 0.3) is 5.91 Å². The van der Waals surface area contributed by atoms with Gasteiger partial charge in [0.15, 0.2) is 5.82 Å². The van der Waals surface area contributed by atoms with Gasteiger partial charge in [0.05, 0.1) is 12.2 Å². The van der Waals surface area contributed by atoms with Gasteiger partial charge in [-0.1, -0.05) is 50.5 Å². The molecule has 0 atom stereocenters. The van der Waals surface area contributed by atoms with E-state index in [4.69, 9.17) is 4.98 Å². The van der Waals surface area contributed by atoms with Crippen molar-refractivity contribution >= 4 is 5.91 Å². The maximum Gasteiger partial charge on any atom is 0.269 e. The Hall–Kier alpha value is -3.02. The number of aromatic nitrogens is 4. The van der Waals surface area contributed by atoms with E-state index >= 15 is 0 Å². The van der Waals surface area contributed by atoms with E-state index in [-0.39, 0.29) is 5.91 Å². The molecule has 6 heteroatoms. The second-order valence-electron chi connectivity index (χ2n) is 9.14. The molecule has 2 aromatic heterocycles. The molecule has 0 radical (unpaired) electrons. The van der Waals surface area contributed by atoms with Crippen molar-refractivity contribution in [3.63, 3.8) is 0 Å². The van der Waals surface area contributed by atoms with Crippen molar-refractivity contribution in [2.24, 2.45) is 5.92 Å². The number of carbonyl (C=O) groups excluding carboxylic acids is 1. The van der Waals surface area contributed by atoms with Crippen LogP contribution in [-0.4, -0.2) is 32.2 Å². The van der Waals surface area contributed by atoms with Crippen LogP contribution in [0.5, 0.6) is 0 Å². The highest BCUT2D eigenvalue weighted by molar-refractivity contribution is 5.94. The second-order valence-corrected chi connectivity index (χ2v) is 9.14. The number of hydrogen-bond acceptors (Lipinski definition) is 4. The first-order valence-electron chi connectivity index (χ1n) is 12.0. The molecule has 0 saturated heterocycles. The Morgan fingerprint density at radius 1 is 1.06 bits per heavy atom. The van der Waals surface area contributed by atoms with Gasteiger partial charge in [0.1, 0.15) is 11.4 Å². The summed E-state index contributed by atoms with van der Waals surface area (Å²) in [5.41, 5.74) is 4.47. The minimum absolute atomic E-state index is 0.0840. The molecular weight excluding hydrogens is 398 g/mol. The molecule has 166 valence electrons. The van der Waals surface area contributed by atoms with Crippen molar-refractivity contribution < 1.29 is 4.79 Å². The molecule has 1 N–H and O–H groups in total. The first-order chi connectivity index (χ1) is 15.7. The Bertz CT molecular complexity index is 1080. The fraction of sp³-hybridized carbons (Fsp3) is 0.462. The summed E-state index contributed by atoms with van der Waals surface area (Å²) in [7, 11) is 0. The van der Waals surface area contributed by atoms with E-state index in [1.54, 1.807) is 16.9 Å². The minimum Gasteiger partial charge on any atom is -0.349 e. The first kappa shape index (κ1) is 20.9. The van der Waals surface area contributed by atoms with Crippen molar-refractivity contribution in [3.8, 4) is 22.8 Å². The maximum atomic E-state index is 12.0. The van der Waals surface area contributed by atoms with Crippen LogP contribution in [0.15, 0.2) is 42.6 Å². The quantitative estimate of drug-likeness (QED) is 0.583. The summed E-state index contributed by atoms with van der Waals surface area (Å²) >= 11 is 0. The summed E-state index contributed by atoms with van der Waals surface area (Å²) in [4.78, 5) is 21.3. The third kappa shape index (κ3) is 4.31. The van der Waals surface area contributed by atoms with Gasteiger partial charge in [-0.15, -0.1) is 0 Å². The Morgan fingerprint density at radius 2 is 1.88 bits per heavy atom. The number of benzene rings is 1. The minimum atomic E-state index is -0.0840. The van der Waals surface area contributed by atoms with E-state index in [2.05, 4.69) is 46.6 Å². The fourth-order valence-corrected chi connectivity index (χ4v) is 5.08. The van der Waals surface area contributed by atoms with E-state index in [9.17, 15) is 4.79 Å². The van der Waals surface area contributed by atoms with Crippen LogP contribution in [0, 0.1) is 5.92 Å².